The van der Waals surface area contributed by atoms with Gasteiger partial charge in [-0.15, -0.1) is 5.11 Å². The highest BCUT2D eigenvalue weighted by atomic mass is 16.5. The molecule has 1 N–H and O–H groups in total. The summed E-state index contributed by atoms with van der Waals surface area (Å²) in [7, 11) is 1.56. The fourth-order valence-corrected chi connectivity index (χ4v) is 1.42. The third-order valence-corrected chi connectivity index (χ3v) is 2.45. The van der Waals surface area contributed by atoms with Gasteiger partial charge in [0.15, 0.2) is 11.5 Å². The van der Waals surface area contributed by atoms with Gasteiger partial charge in [-0.3, -0.25) is 4.79 Å². The molecule has 0 unspecified atom stereocenters. The number of aliphatic hydroxyl groups is 1. The number of Topliss-reactive ketones (excluding diaryl/α,β-unsaturated/α-hetero) is 1. The first-order valence-corrected chi connectivity index (χ1v) is 5.73. The number of rotatable bonds is 5. The molecule has 0 radical (unpaired) electrons. The number of carbonyl (C=O) groups is 1. The fraction of sp³-hybridized carbons (Fsp3) is 0.0714. The number of hydrogen-bond donors (Lipinski definition) is 1. The summed E-state index contributed by atoms with van der Waals surface area (Å²) in [5.74, 6) is 0.224. The van der Waals surface area contributed by atoms with Gasteiger partial charge in [0.1, 0.15) is 12.0 Å². The minimum atomic E-state index is -0.547. The van der Waals surface area contributed by atoms with Crippen LogP contribution in [0.5, 0.6) is 5.75 Å². The summed E-state index contributed by atoms with van der Waals surface area (Å²) < 4.78 is 9.95. The molecule has 2 rings (SSSR count). The maximum Gasteiger partial charge on any atom is 0.251 e. The van der Waals surface area contributed by atoms with Gasteiger partial charge in [0.25, 0.3) is 5.78 Å². The molecule has 6 heteroatoms. The van der Waals surface area contributed by atoms with E-state index >= 15 is 0 Å². The third-order valence-electron chi connectivity index (χ3n) is 2.45. The van der Waals surface area contributed by atoms with Crippen LogP contribution in [0, 0.1) is 0 Å². The van der Waals surface area contributed by atoms with Gasteiger partial charge in [-0.1, -0.05) is 0 Å². The molecule has 0 fully saturated rings. The van der Waals surface area contributed by atoms with Crippen molar-refractivity contribution in [3.8, 4) is 5.75 Å². The highest BCUT2D eigenvalue weighted by Gasteiger charge is 2.14. The van der Waals surface area contributed by atoms with Crippen molar-refractivity contribution in [3.05, 3.63) is 60.4 Å². The second kappa shape index (κ2) is 6.33. The molecule has 0 atom stereocenters. The predicted octanol–water partition coefficient (Wildman–Crippen LogP) is 3.65. The van der Waals surface area contributed by atoms with E-state index in [-0.39, 0.29) is 11.5 Å². The van der Waals surface area contributed by atoms with Crippen molar-refractivity contribution in [2.75, 3.05) is 7.11 Å². The number of ketones is 1. The van der Waals surface area contributed by atoms with Gasteiger partial charge >= 0.3 is 0 Å². The van der Waals surface area contributed by atoms with E-state index in [1.807, 2.05) is 0 Å². The molecule has 0 aliphatic carbocycles. The van der Waals surface area contributed by atoms with Crippen LogP contribution in [0.25, 0.3) is 0 Å². The third kappa shape index (κ3) is 3.11. The Balaban J connectivity index is 2.13. The average Bonchev–Trinajstić information content (AvgIpc) is 3.02. The zero-order valence-corrected chi connectivity index (χ0v) is 10.7. The van der Waals surface area contributed by atoms with Gasteiger partial charge in [0, 0.05) is 0 Å². The first kappa shape index (κ1) is 13.5. The summed E-state index contributed by atoms with van der Waals surface area (Å²) in [5, 5.41) is 16.6. The Bertz CT molecular complexity index is 628. The monoisotopic (exact) mass is 272 g/mol. The van der Waals surface area contributed by atoms with Gasteiger partial charge < -0.3 is 14.3 Å². The molecule has 0 bridgehead atoms. The minimum Gasteiger partial charge on any atom is -0.513 e. The van der Waals surface area contributed by atoms with E-state index in [2.05, 4.69) is 10.2 Å². The van der Waals surface area contributed by atoms with Crippen molar-refractivity contribution in [2.45, 2.75) is 0 Å². The van der Waals surface area contributed by atoms with Gasteiger partial charge in [0.2, 0.25) is 0 Å². The standard InChI is InChI=1S/C14H12N2O4/c1-19-11-6-4-10(5-7-11)15-16-12(9-17)14(18)13-3-2-8-20-13/h2-9,17H,1H3/b12-9+,16-15?. The molecule has 6 nitrogen and oxygen atoms in total. The number of aliphatic hydroxyl groups excluding tert-OH is 1. The lowest BCUT2D eigenvalue weighted by Crippen LogP contribution is -1.99. The van der Waals surface area contributed by atoms with Crippen molar-refractivity contribution in [3.63, 3.8) is 0 Å². The molecule has 20 heavy (non-hydrogen) atoms. The van der Waals surface area contributed by atoms with E-state index in [1.165, 1.54) is 12.3 Å². The molecule has 1 aromatic carbocycles. The Morgan fingerprint density at radius 3 is 2.60 bits per heavy atom. The zero-order chi connectivity index (χ0) is 14.4. The van der Waals surface area contributed by atoms with Crippen LogP contribution in [0.3, 0.4) is 0 Å². The number of azo groups is 1. The van der Waals surface area contributed by atoms with Crippen LogP contribution in [0.4, 0.5) is 5.69 Å². The second-order valence-electron chi connectivity index (χ2n) is 3.72. The molecule has 0 amide bonds. The Morgan fingerprint density at radius 2 is 2.05 bits per heavy atom. The van der Waals surface area contributed by atoms with E-state index in [0.29, 0.717) is 17.7 Å². The Morgan fingerprint density at radius 1 is 1.30 bits per heavy atom. The molecule has 0 saturated heterocycles. The fourth-order valence-electron chi connectivity index (χ4n) is 1.42. The van der Waals surface area contributed by atoms with Gasteiger partial charge in [-0.2, -0.15) is 5.11 Å². The van der Waals surface area contributed by atoms with Crippen LogP contribution in [0.2, 0.25) is 0 Å². The van der Waals surface area contributed by atoms with Crippen molar-refractivity contribution in [2.24, 2.45) is 10.2 Å². The Kier molecular flexibility index (Phi) is 4.28. The van der Waals surface area contributed by atoms with E-state index in [0.717, 1.165) is 0 Å². The van der Waals surface area contributed by atoms with Crippen LogP contribution in [-0.4, -0.2) is 18.0 Å². The minimum absolute atomic E-state index is 0.0824. The van der Waals surface area contributed by atoms with Crippen LogP contribution >= 0.6 is 0 Å². The van der Waals surface area contributed by atoms with E-state index < -0.39 is 5.78 Å². The lowest BCUT2D eigenvalue weighted by molar-refractivity contribution is 0.0999. The first-order valence-electron chi connectivity index (χ1n) is 5.73. The normalized spacial score (nSPS) is 11.8. The average molecular weight is 272 g/mol. The van der Waals surface area contributed by atoms with E-state index in [1.54, 1.807) is 37.4 Å². The predicted molar refractivity (Wildman–Crippen MR) is 71.3 cm³/mol. The van der Waals surface area contributed by atoms with E-state index in [9.17, 15) is 4.79 Å². The lowest BCUT2D eigenvalue weighted by atomic mass is 10.2. The molecule has 0 spiro atoms. The zero-order valence-electron chi connectivity index (χ0n) is 10.7. The van der Waals surface area contributed by atoms with Crippen molar-refractivity contribution in [1.82, 2.24) is 0 Å². The summed E-state index contributed by atoms with van der Waals surface area (Å²) in [5.41, 5.74) is 0.313. The maximum absolute atomic E-state index is 11.9. The highest BCUT2D eigenvalue weighted by Crippen LogP contribution is 2.19. The molecule has 0 aliphatic rings. The van der Waals surface area contributed by atoms with E-state index in [4.69, 9.17) is 14.3 Å². The molecular weight excluding hydrogens is 260 g/mol. The highest BCUT2D eigenvalue weighted by molar-refractivity contribution is 6.06. The van der Waals surface area contributed by atoms with Gasteiger partial charge in [-0.05, 0) is 36.4 Å². The molecule has 102 valence electrons. The number of allylic oxidation sites excluding steroid dienone is 1. The second-order valence-corrected chi connectivity index (χ2v) is 3.72. The molecule has 2 aromatic rings. The molecule has 1 heterocycles. The lowest BCUT2D eigenvalue weighted by Gasteiger charge is -1.98. The van der Waals surface area contributed by atoms with Gasteiger partial charge in [0.05, 0.1) is 19.1 Å². The number of furan rings is 1. The number of benzene rings is 1. The smallest absolute Gasteiger partial charge is 0.251 e. The van der Waals surface area contributed by atoms with Crippen LogP contribution in [0.1, 0.15) is 10.6 Å². The maximum atomic E-state index is 11.9. The summed E-state index contributed by atoms with van der Waals surface area (Å²) >= 11 is 0. The number of methoxy groups -OCH3 is 1. The van der Waals surface area contributed by atoms with Crippen molar-refractivity contribution >= 4 is 11.5 Å². The number of nitrogens with zero attached hydrogens (tertiary/aromatic N) is 2. The largest absolute Gasteiger partial charge is 0.513 e. The number of hydrogen-bond acceptors (Lipinski definition) is 6. The SMILES string of the molecule is COc1ccc(N=N/C(=C/O)C(=O)c2ccco2)cc1. The number of ether oxygens (including phenoxy) is 1. The summed E-state index contributed by atoms with van der Waals surface area (Å²) in [4.78, 5) is 11.9. The number of carbonyl (C=O) groups excluding carboxylic acids is 1. The Hall–Kier alpha value is -2.89. The summed E-state index contributed by atoms with van der Waals surface area (Å²) in [6, 6.07) is 9.83. The van der Waals surface area contributed by atoms with Crippen LogP contribution < -0.4 is 4.74 Å². The summed E-state index contributed by atoms with van der Waals surface area (Å²) in [6.45, 7) is 0. The molecule has 0 saturated carbocycles. The first-order chi connectivity index (χ1) is 9.74. The van der Waals surface area contributed by atoms with Crippen molar-refractivity contribution < 1.29 is 19.1 Å². The van der Waals surface area contributed by atoms with Gasteiger partial charge in [-0.25, -0.2) is 0 Å². The van der Waals surface area contributed by atoms with Crippen LogP contribution in [0.15, 0.2) is 69.3 Å². The quantitative estimate of drug-likeness (QED) is 0.389. The molecule has 0 aliphatic heterocycles. The topological polar surface area (TPSA) is 84.4 Å². The Labute approximate surface area is 115 Å². The van der Waals surface area contributed by atoms with Crippen LogP contribution in [-0.2, 0) is 0 Å². The summed E-state index contributed by atoms with van der Waals surface area (Å²) in [6.07, 6.45) is 1.96. The molecule has 1 aromatic heterocycles. The molecular formula is C14H12N2O4. The van der Waals surface area contributed by atoms with Crippen molar-refractivity contribution in [1.29, 1.82) is 0 Å².